The molecule has 0 aromatic carbocycles. The molecule has 2 N–H and O–H groups in total. The summed E-state index contributed by atoms with van der Waals surface area (Å²) in [7, 11) is 0. The normalized spacial score (nSPS) is 38.2. The molecule has 2 saturated heterocycles. The van der Waals surface area contributed by atoms with Crippen molar-refractivity contribution in [2.75, 3.05) is 11.6 Å². The van der Waals surface area contributed by atoms with E-state index in [2.05, 4.69) is 5.32 Å². The van der Waals surface area contributed by atoms with Gasteiger partial charge < -0.3 is 15.3 Å². The van der Waals surface area contributed by atoms with Crippen molar-refractivity contribution in [1.82, 2.24) is 10.2 Å². The Morgan fingerprint density at radius 2 is 2.05 bits per heavy atom. The molecule has 0 bridgehead atoms. The summed E-state index contributed by atoms with van der Waals surface area (Å²) < 4.78 is 0. The van der Waals surface area contributed by atoms with E-state index in [1.165, 1.54) is 31.0 Å². The van der Waals surface area contributed by atoms with E-state index in [1.54, 1.807) is 4.90 Å². The average Bonchev–Trinajstić information content (AvgIpc) is 3.04. The summed E-state index contributed by atoms with van der Waals surface area (Å²) in [6, 6.07) is -0.322. The molecule has 5 nitrogen and oxygen atoms in total. The Balaban J connectivity index is 1.66. The van der Waals surface area contributed by atoms with Crippen molar-refractivity contribution in [1.29, 1.82) is 0 Å². The number of amides is 1. The fourth-order valence-corrected chi connectivity index (χ4v) is 4.73. The molecule has 1 saturated carbocycles. The smallest absolute Gasteiger partial charge is 0.327 e. The van der Waals surface area contributed by atoms with E-state index in [0.717, 1.165) is 12.8 Å². The quantitative estimate of drug-likeness (QED) is 0.788. The molecule has 0 aromatic rings. The van der Waals surface area contributed by atoms with E-state index < -0.39 is 12.0 Å². The van der Waals surface area contributed by atoms with Crippen LogP contribution in [0.5, 0.6) is 0 Å². The maximum absolute atomic E-state index is 12.5. The van der Waals surface area contributed by atoms with Crippen LogP contribution in [-0.4, -0.2) is 51.6 Å². The molecule has 0 radical (unpaired) electrons. The van der Waals surface area contributed by atoms with Gasteiger partial charge in [-0.25, -0.2) is 4.79 Å². The number of fused-ring (bicyclic) bond motifs is 1. The topological polar surface area (TPSA) is 69.6 Å². The van der Waals surface area contributed by atoms with E-state index in [-0.39, 0.29) is 11.9 Å². The first-order chi connectivity index (χ1) is 9.16. The Labute approximate surface area is 117 Å². The van der Waals surface area contributed by atoms with Gasteiger partial charge in [0.15, 0.2) is 0 Å². The molecule has 3 rings (SSSR count). The Bertz CT molecular complexity index is 376. The number of carbonyl (C=O) groups excluding carboxylic acids is 1. The van der Waals surface area contributed by atoms with Crippen LogP contribution in [0.3, 0.4) is 0 Å². The van der Waals surface area contributed by atoms with Crippen molar-refractivity contribution in [3.8, 4) is 0 Å². The monoisotopic (exact) mass is 284 g/mol. The zero-order valence-electron chi connectivity index (χ0n) is 10.9. The van der Waals surface area contributed by atoms with E-state index in [9.17, 15) is 9.59 Å². The lowest BCUT2D eigenvalue weighted by molar-refractivity contribution is -0.148. The highest BCUT2D eigenvalue weighted by Gasteiger charge is 2.43. The molecule has 2 aliphatic heterocycles. The number of hydrogen-bond acceptors (Lipinski definition) is 4. The lowest BCUT2D eigenvalue weighted by Gasteiger charge is -2.25. The molecule has 3 fully saturated rings. The lowest BCUT2D eigenvalue weighted by Crippen LogP contribution is -2.50. The predicted octanol–water partition coefficient (Wildman–Crippen LogP) is 0.893. The first kappa shape index (κ1) is 13.2. The standard InChI is InChI=1S/C13H20N2O3S/c16-12(15-7-19-6-11(15)13(17)18)10-5-8-3-1-2-4-9(8)14-10/h8-11,14H,1-7H2,(H,17,18). The van der Waals surface area contributed by atoms with Crippen LogP contribution in [0.15, 0.2) is 0 Å². The number of carboxylic acid groups (broad SMARTS) is 1. The molecular weight excluding hydrogens is 264 g/mol. The highest BCUT2D eigenvalue weighted by molar-refractivity contribution is 7.99. The number of aliphatic carboxylic acids is 1. The van der Waals surface area contributed by atoms with Gasteiger partial charge >= 0.3 is 5.97 Å². The van der Waals surface area contributed by atoms with Crippen molar-refractivity contribution < 1.29 is 14.7 Å². The maximum atomic E-state index is 12.5. The summed E-state index contributed by atoms with van der Waals surface area (Å²) in [6.07, 6.45) is 5.76. The first-order valence-electron chi connectivity index (χ1n) is 7.04. The molecule has 0 aromatic heterocycles. The minimum Gasteiger partial charge on any atom is -0.480 e. The third-order valence-electron chi connectivity index (χ3n) is 4.61. The number of hydrogen-bond donors (Lipinski definition) is 2. The highest BCUT2D eigenvalue weighted by Crippen LogP contribution is 2.34. The predicted molar refractivity (Wildman–Crippen MR) is 72.9 cm³/mol. The third kappa shape index (κ3) is 2.48. The summed E-state index contributed by atoms with van der Waals surface area (Å²) in [5.41, 5.74) is 0. The molecule has 0 spiro atoms. The van der Waals surface area contributed by atoms with Gasteiger partial charge in [0.1, 0.15) is 6.04 Å². The largest absolute Gasteiger partial charge is 0.480 e. The van der Waals surface area contributed by atoms with Crippen molar-refractivity contribution in [2.45, 2.75) is 50.2 Å². The van der Waals surface area contributed by atoms with Crippen molar-refractivity contribution in [3.05, 3.63) is 0 Å². The first-order valence-corrected chi connectivity index (χ1v) is 8.19. The summed E-state index contributed by atoms with van der Waals surface area (Å²) in [5.74, 6) is 0.756. The maximum Gasteiger partial charge on any atom is 0.327 e. The molecule has 1 aliphatic carbocycles. The number of carboxylic acids is 1. The fourth-order valence-electron chi connectivity index (χ4n) is 3.58. The summed E-state index contributed by atoms with van der Waals surface area (Å²) in [4.78, 5) is 25.2. The van der Waals surface area contributed by atoms with Crippen LogP contribution in [0.1, 0.15) is 32.1 Å². The third-order valence-corrected chi connectivity index (χ3v) is 5.62. The zero-order valence-corrected chi connectivity index (χ0v) is 11.7. The minimum atomic E-state index is -0.881. The van der Waals surface area contributed by atoms with Gasteiger partial charge in [0.2, 0.25) is 5.91 Å². The van der Waals surface area contributed by atoms with E-state index in [1.807, 2.05) is 0 Å². The van der Waals surface area contributed by atoms with Gasteiger partial charge in [-0.15, -0.1) is 11.8 Å². The van der Waals surface area contributed by atoms with E-state index in [0.29, 0.717) is 23.6 Å². The molecule has 1 amide bonds. The number of nitrogens with zero attached hydrogens (tertiary/aromatic N) is 1. The van der Waals surface area contributed by atoms with Crippen LogP contribution in [-0.2, 0) is 9.59 Å². The Kier molecular flexibility index (Phi) is 3.71. The van der Waals surface area contributed by atoms with Gasteiger partial charge in [0, 0.05) is 11.8 Å². The minimum absolute atomic E-state index is 0.00759. The second-order valence-corrected chi connectivity index (χ2v) is 6.77. The number of rotatable bonds is 2. The van der Waals surface area contributed by atoms with Crippen molar-refractivity contribution in [3.63, 3.8) is 0 Å². The van der Waals surface area contributed by atoms with Crippen LogP contribution in [0.4, 0.5) is 0 Å². The van der Waals surface area contributed by atoms with Gasteiger partial charge in [0.05, 0.1) is 11.9 Å². The lowest BCUT2D eigenvalue weighted by atomic mass is 9.85. The molecular formula is C13H20N2O3S. The Morgan fingerprint density at radius 1 is 1.26 bits per heavy atom. The van der Waals surface area contributed by atoms with Crippen molar-refractivity contribution in [2.24, 2.45) is 5.92 Å². The summed E-state index contributed by atoms with van der Waals surface area (Å²) >= 11 is 1.53. The Hall–Kier alpha value is -0.750. The number of carbonyl (C=O) groups is 2. The van der Waals surface area contributed by atoms with Crippen LogP contribution in [0.25, 0.3) is 0 Å². The number of thioether (sulfide) groups is 1. The zero-order chi connectivity index (χ0) is 13.4. The van der Waals surface area contributed by atoms with Gasteiger partial charge in [-0.3, -0.25) is 4.79 Å². The average molecular weight is 284 g/mol. The second-order valence-electron chi connectivity index (χ2n) is 5.77. The Morgan fingerprint density at radius 3 is 2.79 bits per heavy atom. The van der Waals surface area contributed by atoms with Crippen LogP contribution >= 0.6 is 11.8 Å². The molecule has 3 aliphatic rings. The van der Waals surface area contributed by atoms with Gasteiger partial charge in [-0.2, -0.15) is 0 Å². The summed E-state index contributed by atoms with van der Waals surface area (Å²) in [5, 5.41) is 12.6. The summed E-state index contributed by atoms with van der Waals surface area (Å²) in [6.45, 7) is 0. The molecule has 6 heteroatoms. The molecule has 2 heterocycles. The van der Waals surface area contributed by atoms with Crippen molar-refractivity contribution >= 4 is 23.6 Å². The van der Waals surface area contributed by atoms with Crippen LogP contribution < -0.4 is 5.32 Å². The van der Waals surface area contributed by atoms with E-state index >= 15 is 0 Å². The van der Waals surface area contributed by atoms with Crippen LogP contribution in [0, 0.1) is 5.92 Å². The fraction of sp³-hybridized carbons (Fsp3) is 0.846. The van der Waals surface area contributed by atoms with Gasteiger partial charge in [-0.05, 0) is 25.2 Å². The SMILES string of the molecule is O=C(O)C1CSCN1C(=O)C1CC2CCCCC2N1. The molecule has 4 atom stereocenters. The highest BCUT2D eigenvalue weighted by atomic mass is 32.2. The second kappa shape index (κ2) is 5.32. The van der Waals surface area contributed by atoms with Crippen LogP contribution in [0.2, 0.25) is 0 Å². The van der Waals surface area contributed by atoms with Gasteiger partial charge in [0.25, 0.3) is 0 Å². The van der Waals surface area contributed by atoms with Gasteiger partial charge in [-0.1, -0.05) is 12.8 Å². The molecule has 4 unspecified atom stereocenters. The van der Waals surface area contributed by atoms with E-state index in [4.69, 9.17) is 5.11 Å². The molecule has 106 valence electrons. The number of nitrogens with one attached hydrogen (secondary N) is 1. The molecule has 19 heavy (non-hydrogen) atoms.